The quantitative estimate of drug-likeness (QED) is 0.838. The van der Waals surface area contributed by atoms with Gasteiger partial charge >= 0.3 is 0 Å². The van der Waals surface area contributed by atoms with E-state index in [4.69, 9.17) is 4.74 Å². The number of fused-ring (bicyclic) bond motifs is 1. The number of nitrogens with one attached hydrogen (secondary N) is 1. The molecule has 1 N–H and O–H groups in total. The average molecular weight is 326 g/mol. The van der Waals surface area contributed by atoms with Crippen molar-refractivity contribution in [1.29, 1.82) is 0 Å². The van der Waals surface area contributed by atoms with E-state index in [0.29, 0.717) is 6.04 Å². The molecule has 0 aromatic carbocycles. The van der Waals surface area contributed by atoms with Gasteiger partial charge in [-0.1, -0.05) is 6.92 Å². The Morgan fingerprint density at radius 1 is 1.38 bits per heavy atom. The Morgan fingerprint density at radius 3 is 3.00 bits per heavy atom. The fourth-order valence-electron chi connectivity index (χ4n) is 3.28. The zero-order valence-electron chi connectivity index (χ0n) is 13.0. The molecule has 1 unspecified atom stereocenters. The standard InChI is InChI=1S/C17H27NOS2/c1-2-6-18-15(10-13-3-7-19-8-4-13)17-11-14-12-20-9-5-16(14)21-17/h11,13,15,18H,2-10,12H2,1H3. The van der Waals surface area contributed by atoms with Crippen LogP contribution in [-0.4, -0.2) is 25.5 Å². The number of thioether (sulfide) groups is 1. The maximum Gasteiger partial charge on any atom is 0.0468 e. The molecule has 0 saturated carbocycles. The van der Waals surface area contributed by atoms with Gasteiger partial charge in [-0.05, 0) is 61.9 Å². The molecule has 2 aliphatic heterocycles. The van der Waals surface area contributed by atoms with E-state index in [1.54, 1.807) is 15.3 Å². The summed E-state index contributed by atoms with van der Waals surface area (Å²) in [5.74, 6) is 3.37. The van der Waals surface area contributed by atoms with Gasteiger partial charge in [-0.15, -0.1) is 11.3 Å². The molecule has 3 rings (SSSR count). The molecule has 0 radical (unpaired) electrons. The van der Waals surface area contributed by atoms with E-state index in [1.165, 1.54) is 43.6 Å². The predicted octanol–water partition coefficient (Wildman–Crippen LogP) is 4.39. The molecule has 2 aliphatic rings. The maximum atomic E-state index is 5.51. The van der Waals surface area contributed by atoms with Crippen LogP contribution < -0.4 is 5.32 Å². The first-order chi connectivity index (χ1) is 10.4. The summed E-state index contributed by atoms with van der Waals surface area (Å²) in [6.07, 6.45) is 6.26. The van der Waals surface area contributed by atoms with Gasteiger partial charge in [0.25, 0.3) is 0 Å². The van der Waals surface area contributed by atoms with E-state index in [1.807, 2.05) is 0 Å². The minimum absolute atomic E-state index is 0.564. The van der Waals surface area contributed by atoms with Crippen molar-refractivity contribution in [3.63, 3.8) is 0 Å². The SMILES string of the molecule is CCCNC(CC1CCOCC1)c1cc2c(s1)CCSC2. The number of hydrogen-bond donors (Lipinski definition) is 1. The Balaban J connectivity index is 1.69. The summed E-state index contributed by atoms with van der Waals surface area (Å²) in [6.45, 7) is 5.31. The number of thiophene rings is 1. The summed E-state index contributed by atoms with van der Waals surface area (Å²) in [4.78, 5) is 3.24. The van der Waals surface area contributed by atoms with E-state index in [9.17, 15) is 0 Å². The monoisotopic (exact) mass is 325 g/mol. The van der Waals surface area contributed by atoms with Crippen LogP contribution in [0.2, 0.25) is 0 Å². The van der Waals surface area contributed by atoms with Crippen LogP contribution in [0.25, 0.3) is 0 Å². The van der Waals surface area contributed by atoms with E-state index in [0.717, 1.165) is 25.7 Å². The van der Waals surface area contributed by atoms with Crippen molar-refractivity contribution in [3.8, 4) is 0 Å². The average Bonchev–Trinajstić information content (AvgIpc) is 2.96. The van der Waals surface area contributed by atoms with Gasteiger partial charge in [0, 0.05) is 34.8 Å². The van der Waals surface area contributed by atoms with E-state index in [2.05, 4.69) is 41.4 Å². The summed E-state index contributed by atoms with van der Waals surface area (Å²) in [7, 11) is 0. The van der Waals surface area contributed by atoms with Gasteiger partial charge in [-0.3, -0.25) is 0 Å². The van der Waals surface area contributed by atoms with Gasteiger partial charge in [0.2, 0.25) is 0 Å². The second-order valence-electron chi connectivity index (χ2n) is 6.20. The first-order valence-electron chi connectivity index (χ1n) is 8.37. The molecule has 1 saturated heterocycles. The first-order valence-corrected chi connectivity index (χ1v) is 10.3. The number of rotatable bonds is 6. The predicted molar refractivity (Wildman–Crippen MR) is 93.4 cm³/mol. The first kappa shape index (κ1) is 15.9. The largest absolute Gasteiger partial charge is 0.381 e. The lowest BCUT2D eigenvalue weighted by Crippen LogP contribution is -2.26. The molecular formula is C17H27NOS2. The molecule has 3 heterocycles. The Morgan fingerprint density at radius 2 is 2.24 bits per heavy atom. The van der Waals surface area contributed by atoms with Crippen LogP contribution >= 0.6 is 23.1 Å². The Bertz CT molecular complexity index is 416. The summed E-state index contributed by atoms with van der Waals surface area (Å²) >= 11 is 4.16. The molecule has 1 aromatic heterocycles. The van der Waals surface area contributed by atoms with Crippen molar-refractivity contribution < 1.29 is 4.74 Å². The number of ether oxygens (including phenoxy) is 1. The molecule has 0 amide bonds. The number of hydrogen-bond acceptors (Lipinski definition) is 4. The maximum absolute atomic E-state index is 5.51. The molecule has 2 nitrogen and oxygen atoms in total. The molecule has 1 aromatic rings. The van der Waals surface area contributed by atoms with Crippen LogP contribution in [0.1, 0.15) is 54.0 Å². The Kier molecular flexibility index (Phi) is 6.04. The highest BCUT2D eigenvalue weighted by atomic mass is 32.2. The second kappa shape index (κ2) is 8.00. The Labute approximate surface area is 137 Å². The summed E-state index contributed by atoms with van der Waals surface area (Å²) < 4.78 is 5.51. The van der Waals surface area contributed by atoms with Gasteiger partial charge in [0.05, 0.1) is 0 Å². The van der Waals surface area contributed by atoms with Gasteiger partial charge in [0.1, 0.15) is 0 Å². The lowest BCUT2D eigenvalue weighted by Gasteiger charge is -2.27. The normalized spacial score (nSPS) is 21.2. The van der Waals surface area contributed by atoms with Crippen molar-refractivity contribution in [2.75, 3.05) is 25.5 Å². The molecule has 21 heavy (non-hydrogen) atoms. The summed E-state index contributed by atoms with van der Waals surface area (Å²) in [6, 6.07) is 3.06. The molecule has 4 heteroatoms. The van der Waals surface area contributed by atoms with Crippen LogP contribution in [0.15, 0.2) is 6.07 Å². The van der Waals surface area contributed by atoms with Crippen LogP contribution in [0.5, 0.6) is 0 Å². The Hall–Kier alpha value is -0.0300. The van der Waals surface area contributed by atoms with Gasteiger partial charge in [0.15, 0.2) is 0 Å². The fraction of sp³-hybridized carbons (Fsp3) is 0.765. The van der Waals surface area contributed by atoms with E-state index >= 15 is 0 Å². The highest BCUT2D eigenvalue weighted by Crippen LogP contribution is 2.37. The third-order valence-electron chi connectivity index (χ3n) is 4.54. The summed E-state index contributed by atoms with van der Waals surface area (Å²) in [5, 5.41) is 3.80. The minimum Gasteiger partial charge on any atom is -0.381 e. The van der Waals surface area contributed by atoms with Crippen molar-refractivity contribution in [3.05, 3.63) is 21.4 Å². The lowest BCUT2D eigenvalue weighted by atomic mass is 9.91. The topological polar surface area (TPSA) is 21.3 Å². The zero-order chi connectivity index (χ0) is 14.5. The van der Waals surface area contributed by atoms with Gasteiger partial charge in [-0.25, -0.2) is 0 Å². The van der Waals surface area contributed by atoms with E-state index in [-0.39, 0.29) is 0 Å². The molecule has 118 valence electrons. The van der Waals surface area contributed by atoms with Crippen molar-refractivity contribution in [1.82, 2.24) is 5.32 Å². The lowest BCUT2D eigenvalue weighted by molar-refractivity contribution is 0.0606. The zero-order valence-corrected chi connectivity index (χ0v) is 14.7. The van der Waals surface area contributed by atoms with Crippen LogP contribution in [0.4, 0.5) is 0 Å². The molecule has 0 bridgehead atoms. The molecule has 0 aliphatic carbocycles. The number of aryl methyl sites for hydroxylation is 1. The molecule has 1 fully saturated rings. The van der Waals surface area contributed by atoms with Gasteiger partial charge in [-0.2, -0.15) is 11.8 Å². The molecule has 1 atom stereocenters. The van der Waals surface area contributed by atoms with Crippen molar-refractivity contribution in [2.45, 2.75) is 50.8 Å². The van der Waals surface area contributed by atoms with Crippen LogP contribution in [-0.2, 0) is 16.9 Å². The van der Waals surface area contributed by atoms with E-state index < -0.39 is 0 Å². The smallest absolute Gasteiger partial charge is 0.0468 e. The van der Waals surface area contributed by atoms with Crippen LogP contribution in [0, 0.1) is 5.92 Å². The highest BCUT2D eigenvalue weighted by Gasteiger charge is 2.23. The van der Waals surface area contributed by atoms with Crippen molar-refractivity contribution >= 4 is 23.1 Å². The third-order valence-corrected chi connectivity index (χ3v) is 6.90. The molecule has 0 spiro atoms. The second-order valence-corrected chi connectivity index (χ2v) is 8.47. The van der Waals surface area contributed by atoms with Crippen molar-refractivity contribution in [2.24, 2.45) is 5.92 Å². The third kappa shape index (κ3) is 4.25. The van der Waals surface area contributed by atoms with Gasteiger partial charge < -0.3 is 10.1 Å². The summed E-state index contributed by atoms with van der Waals surface area (Å²) in [5.41, 5.74) is 1.61. The highest BCUT2D eigenvalue weighted by molar-refractivity contribution is 7.98. The minimum atomic E-state index is 0.564. The molecular weight excluding hydrogens is 298 g/mol. The fourth-order valence-corrected chi connectivity index (χ4v) is 5.74. The van der Waals surface area contributed by atoms with Crippen LogP contribution in [0.3, 0.4) is 0 Å².